The van der Waals surface area contributed by atoms with E-state index in [1.54, 1.807) is 32.4 Å². The van der Waals surface area contributed by atoms with E-state index in [1.807, 2.05) is 4.90 Å². The van der Waals surface area contributed by atoms with Gasteiger partial charge in [-0.2, -0.15) is 0 Å². The van der Waals surface area contributed by atoms with Gasteiger partial charge in [-0.05, 0) is 43.7 Å². The van der Waals surface area contributed by atoms with Gasteiger partial charge in [0, 0.05) is 50.9 Å². The second kappa shape index (κ2) is 8.61. The van der Waals surface area contributed by atoms with E-state index in [0.29, 0.717) is 30.2 Å². The van der Waals surface area contributed by atoms with Crippen LogP contribution in [0.15, 0.2) is 18.2 Å². The number of ether oxygens (including phenoxy) is 2. The Hall–Kier alpha value is -2.28. The van der Waals surface area contributed by atoms with Gasteiger partial charge in [-0.1, -0.05) is 0 Å². The van der Waals surface area contributed by atoms with Crippen molar-refractivity contribution in [3.05, 3.63) is 23.8 Å². The van der Waals surface area contributed by atoms with Crippen molar-refractivity contribution < 1.29 is 19.1 Å². The Morgan fingerprint density at radius 2 is 1.69 bits per heavy atom. The van der Waals surface area contributed by atoms with Crippen LogP contribution in [0.4, 0.5) is 0 Å². The van der Waals surface area contributed by atoms with Crippen molar-refractivity contribution in [2.75, 3.05) is 53.5 Å². The van der Waals surface area contributed by atoms with Crippen LogP contribution in [0.3, 0.4) is 0 Å². The monoisotopic (exact) mass is 401 g/mol. The summed E-state index contributed by atoms with van der Waals surface area (Å²) in [6.45, 7) is 4.74. The van der Waals surface area contributed by atoms with Crippen molar-refractivity contribution in [3.63, 3.8) is 0 Å². The zero-order valence-corrected chi connectivity index (χ0v) is 17.4. The minimum Gasteiger partial charge on any atom is -0.497 e. The molecule has 2 amide bonds. The van der Waals surface area contributed by atoms with Gasteiger partial charge in [-0.15, -0.1) is 0 Å². The van der Waals surface area contributed by atoms with Gasteiger partial charge in [-0.25, -0.2) is 0 Å². The molecule has 3 aliphatic rings. The first-order valence-corrected chi connectivity index (χ1v) is 10.6. The molecule has 3 fully saturated rings. The average molecular weight is 402 g/mol. The summed E-state index contributed by atoms with van der Waals surface area (Å²) in [5.41, 5.74) is 0.571. The summed E-state index contributed by atoms with van der Waals surface area (Å²) in [7, 11) is 3.16. The number of nitrogens with zero attached hydrogens (tertiary/aromatic N) is 3. The number of amides is 2. The van der Waals surface area contributed by atoms with Crippen molar-refractivity contribution in [2.24, 2.45) is 5.92 Å². The Kier molecular flexibility index (Phi) is 5.94. The number of carbonyl (C=O) groups is 2. The molecule has 2 heterocycles. The predicted octanol–water partition coefficient (Wildman–Crippen LogP) is 1.86. The van der Waals surface area contributed by atoms with Crippen molar-refractivity contribution in [1.82, 2.24) is 14.7 Å². The number of carbonyl (C=O) groups excluding carboxylic acids is 2. The van der Waals surface area contributed by atoms with E-state index in [4.69, 9.17) is 9.47 Å². The highest BCUT2D eigenvalue weighted by Crippen LogP contribution is 2.32. The van der Waals surface area contributed by atoms with Crippen LogP contribution in [0.5, 0.6) is 11.5 Å². The van der Waals surface area contributed by atoms with E-state index >= 15 is 0 Å². The zero-order chi connectivity index (χ0) is 20.4. The van der Waals surface area contributed by atoms with Gasteiger partial charge in [0.05, 0.1) is 20.3 Å². The SMILES string of the molecule is COc1cc(OC)cc(C(=O)N2CCCN(C3CCN(CC4CC4)C3=O)CC2)c1. The molecule has 158 valence electrons. The number of hydrogen-bond donors (Lipinski definition) is 0. The Labute approximate surface area is 172 Å². The van der Waals surface area contributed by atoms with Gasteiger partial charge in [0.1, 0.15) is 11.5 Å². The van der Waals surface area contributed by atoms with Crippen LogP contribution in [0, 0.1) is 5.92 Å². The van der Waals surface area contributed by atoms with Crippen LogP contribution < -0.4 is 9.47 Å². The molecule has 2 aliphatic heterocycles. The Morgan fingerprint density at radius 1 is 0.966 bits per heavy atom. The first kappa shape index (κ1) is 20.0. The van der Waals surface area contributed by atoms with E-state index in [9.17, 15) is 9.59 Å². The van der Waals surface area contributed by atoms with E-state index in [0.717, 1.165) is 44.9 Å². The van der Waals surface area contributed by atoms with Gasteiger partial charge in [0.2, 0.25) is 5.91 Å². The third-order valence-electron chi connectivity index (χ3n) is 6.30. The molecule has 2 saturated heterocycles. The number of hydrogen-bond acceptors (Lipinski definition) is 5. The normalized spacial score (nSPS) is 23.2. The Morgan fingerprint density at radius 3 is 2.34 bits per heavy atom. The highest BCUT2D eigenvalue weighted by Gasteiger charge is 2.38. The summed E-state index contributed by atoms with van der Waals surface area (Å²) in [6, 6.07) is 5.26. The minimum atomic E-state index is -0.0165. The molecule has 7 nitrogen and oxygen atoms in total. The van der Waals surface area contributed by atoms with Crippen LogP contribution in [0.25, 0.3) is 0 Å². The van der Waals surface area contributed by atoms with Crippen molar-refractivity contribution in [3.8, 4) is 11.5 Å². The molecule has 0 radical (unpaired) electrons. The fourth-order valence-electron chi connectivity index (χ4n) is 4.42. The lowest BCUT2D eigenvalue weighted by molar-refractivity contribution is -0.132. The Balaban J connectivity index is 1.38. The predicted molar refractivity (Wildman–Crippen MR) is 109 cm³/mol. The Bertz CT molecular complexity index is 742. The van der Waals surface area contributed by atoms with E-state index < -0.39 is 0 Å². The third kappa shape index (κ3) is 4.50. The van der Waals surface area contributed by atoms with Crippen molar-refractivity contribution in [2.45, 2.75) is 31.7 Å². The molecule has 29 heavy (non-hydrogen) atoms. The van der Waals surface area contributed by atoms with Crippen molar-refractivity contribution >= 4 is 11.8 Å². The fraction of sp³-hybridized carbons (Fsp3) is 0.636. The first-order chi connectivity index (χ1) is 14.1. The lowest BCUT2D eigenvalue weighted by Gasteiger charge is -2.26. The molecule has 0 bridgehead atoms. The molecular formula is C22H31N3O4. The summed E-state index contributed by atoms with van der Waals surface area (Å²) >= 11 is 0. The molecule has 0 N–H and O–H groups in total. The minimum absolute atomic E-state index is 0.0132. The summed E-state index contributed by atoms with van der Waals surface area (Å²) in [5, 5.41) is 0. The average Bonchev–Trinajstić information content (AvgIpc) is 3.53. The van der Waals surface area contributed by atoms with Crippen LogP contribution >= 0.6 is 0 Å². The maximum atomic E-state index is 13.1. The molecule has 1 unspecified atom stereocenters. The lowest BCUT2D eigenvalue weighted by Crippen LogP contribution is -2.44. The van der Waals surface area contributed by atoms with Crippen LogP contribution in [0.1, 0.15) is 36.0 Å². The molecule has 1 atom stereocenters. The summed E-state index contributed by atoms with van der Waals surface area (Å²) < 4.78 is 10.6. The molecule has 1 aliphatic carbocycles. The summed E-state index contributed by atoms with van der Waals surface area (Å²) in [4.78, 5) is 32.1. The van der Waals surface area contributed by atoms with Gasteiger partial charge in [-0.3, -0.25) is 14.5 Å². The molecule has 0 aromatic heterocycles. The maximum absolute atomic E-state index is 13.1. The van der Waals surface area contributed by atoms with E-state index in [1.165, 1.54) is 12.8 Å². The highest BCUT2D eigenvalue weighted by atomic mass is 16.5. The zero-order valence-electron chi connectivity index (χ0n) is 17.4. The second-order valence-electron chi connectivity index (χ2n) is 8.32. The smallest absolute Gasteiger partial charge is 0.254 e. The van der Waals surface area contributed by atoms with Crippen LogP contribution in [-0.4, -0.2) is 86.0 Å². The summed E-state index contributed by atoms with van der Waals surface area (Å²) in [5.74, 6) is 2.22. The van der Waals surface area contributed by atoms with Gasteiger partial charge in [0.25, 0.3) is 5.91 Å². The quantitative estimate of drug-likeness (QED) is 0.728. The second-order valence-corrected chi connectivity index (χ2v) is 8.32. The maximum Gasteiger partial charge on any atom is 0.254 e. The van der Waals surface area contributed by atoms with Crippen molar-refractivity contribution in [1.29, 1.82) is 0 Å². The molecule has 1 aromatic carbocycles. The van der Waals surface area contributed by atoms with E-state index in [-0.39, 0.29) is 17.9 Å². The largest absolute Gasteiger partial charge is 0.497 e. The van der Waals surface area contributed by atoms with Crippen LogP contribution in [-0.2, 0) is 4.79 Å². The highest BCUT2D eigenvalue weighted by molar-refractivity contribution is 5.95. The standard InChI is InChI=1S/C22H31N3O4/c1-28-18-12-17(13-19(14-18)29-2)21(26)24-8-3-7-23(10-11-24)20-6-9-25(22(20)27)15-16-4-5-16/h12-14,16,20H,3-11,15H2,1-2H3. The topological polar surface area (TPSA) is 62.3 Å². The number of benzene rings is 1. The lowest BCUT2D eigenvalue weighted by atomic mass is 10.1. The molecule has 0 spiro atoms. The van der Waals surface area contributed by atoms with Gasteiger partial charge < -0.3 is 19.3 Å². The molecule has 4 rings (SSSR count). The molecule has 7 heteroatoms. The fourth-order valence-corrected chi connectivity index (χ4v) is 4.42. The molecular weight excluding hydrogens is 370 g/mol. The molecule has 1 saturated carbocycles. The summed E-state index contributed by atoms with van der Waals surface area (Å²) in [6.07, 6.45) is 4.32. The number of methoxy groups -OCH3 is 2. The molecule has 1 aromatic rings. The third-order valence-corrected chi connectivity index (χ3v) is 6.30. The number of rotatable bonds is 6. The van der Waals surface area contributed by atoms with E-state index in [2.05, 4.69) is 9.80 Å². The first-order valence-electron chi connectivity index (χ1n) is 10.6. The van der Waals surface area contributed by atoms with Gasteiger partial charge >= 0.3 is 0 Å². The number of likely N-dealkylation sites (tertiary alicyclic amines) is 1. The van der Waals surface area contributed by atoms with Crippen LogP contribution in [0.2, 0.25) is 0 Å². The van der Waals surface area contributed by atoms with Gasteiger partial charge in [0.15, 0.2) is 0 Å².